The second kappa shape index (κ2) is 6.64. The van der Waals surface area contributed by atoms with E-state index in [9.17, 15) is 23.3 Å². The van der Waals surface area contributed by atoms with Gasteiger partial charge in [-0.1, -0.05) is 6.92 Å². The summed E-state index contributed by atoms with van der Waals surface area (Å²) in [6.07, 6.45) is 0.444. The maximum absolute atomic E-state index is 12.4. The molecule has 0 bridgehead atoms. The van der Waals surface area contributed by atoms with Crippen LogP contribution in [-0.2, 0) is 14.8 Å². The lowest BCUT2D eigenvalue weighted by Crippen LogP contribution is -2.41. The van der Waals surface area contributed by atoms with Crippen LogP contribution in [0.4, 0.5) is 5.69 Å². The summed E-state index contributed by atoms with van der Waals surface area (Å²) >= 11 is 0. The molecule has 0 saturated carbocycles. The first-order chi connectivity index (χ1) is 9.70. The fourth-order valence-corrected chi connectivity index (χ4v) is 3.34. The van der Waals surface area contributed by atoms with Gasteiger partial charge in [0.25, 0.3) is 5.69 Å². The molecule has 0 spiro atoms. The first-order valence-corrected chi connectivity index (χ1v) is 7.62. The summed E-state index contributed by atoms with van der Waals surface area (Å²) in [5, 5.41) is 19.4. The van der Waals surface area contributed by atoms with E-state index in [1.807, 2.05) is 0 Å². The van der Waals surface area contributed by atoms with Crippen LogP contribution in [0, 0.1) is 10.1 Å². The molecule has 1 aromatic carbocycles. The van der Waals surface area contributed by atoms with Crippen LogP contribution in [-0.4, -0.2) is 41.3 Å². The van der Waals surface area contributed by atoms with E-state index < -0.39 is 33.5 Å². The summed E-state index contributed by atoms with van der Waals surface area (Å²) in [6, 6.07) is 3.85. The summed E-state index contributed by atoms with van der Waals surface area (Å²) in [4.78, 5) is 20.6. The smallest absolute Gasteiger partial charge is 0.318 e. The van der Waals surface area contributed by atoms with Crippen molar-refractivity contribution in [3.63, 3.8) is 0 Å². The van der Waals surface area contributed by atoms with Crippen LogP contribution in [0.15, 0.2) is 29.2 Å². The van der Waals surface area contributed by atoms with Gasteiger partial charge >= 0.3 is 5.97 Å². The SMILES string of the molecule is CCC(C)N(CC(=O)O)S(=O)(=O)c1ccc([N+](=O)[O-])cc1. The largest absolute Gasteiger partial charge is 0.480 e. The quantitative estimate of drug-likeness (QED) is 0.601. The Kier molecular flexibility index (Phi) is 5.39. The Bertz CT molecular complexity index is 626. The molecule has 0 heterocycles. The van der Waals surface area contributed by atoms with E-state index in [2.05, 4.69) is 0 Å². The second-order valence-corrected chi connectivity index (χ2v) is 6.34. The highest BCUT2D eigenvalue weighted by molar-refractivity contribution is 7.89. The van der Waals surface area contributed by atoms with Gasteiger partial charge < -0.3 is 5.11 Å². The number of carboxylic acid groups (broad SMARTS) is 1. The van der Waals surface area contributed by atoms with Crippen LogP contribution >= 0.6 is 0 Å². The van der Waals surface area contributed by atoms with Crippen LogP contribution in [0.3, 0.4) is 0 Å². The van der Waals surface area contributed by atoms with Gasteiger partial charge in [-0.15, -0.1) is 0 Å². The number of non-ortho nitro benzene ring substituents is 1. The molecule has 8 nitrogen and oxygen atoms in total. The van der Waals surface area contributed by atoms with Gasteiger partial charge in [-0.3, -0.25) is 14.9 Å². The fraction of sp³-hybridized carbons (Fsp3) is 0.417. The van der Waals surface area contributed by atoms with E-state index in [1.54, 1.807) is 13.8 Å². The highest BCUT2D eigenvalue weighted by atomic mass is 32.2. The van der Waals surface area contributed by atoms with Crippen LogP contribution in [0.1, 0.15) is 20.3 Å². The Labute approximate surface area is 122 Å². The molecule has 1 aromatic rings. The second-order valence-electron chi connectivity index (χ2n) is 4.45. The van der Waals surface area contributed by atoms with Gasteiger partial charge in [0.1, 0.15) is 6.54 Å². The van der Waals surface area contributed by atoms with E-state index in [0.29, 0.717) is 6.42 Å². The van der Waals surface area contributed by atoms with E-state index in [0.717, 1.165) is 28.6 Å². The summed E-state index contributed by atoms with van der Waals surface area (Å²) in [5.41, 5.74) is -0.234. The number of sulfonamides is 1. The molecule has 0 radical (unpaired) electrons. The number of hydrogen-bond donors (Lipinski definition) is 1. The van der Waals surface area contributed by atoms with E-state index in [1.165, 1.54) is 0 Å². The number of benzene rings is 1. The molecular weight excluding hydrogens is 300 g/mol. The third-order valence-electron chi connectivity index (χ3n) is 3.03. The molecule has 9 heteroatoms. The third-order valence-corrected chi connectivity index (χ3v) is 5.00. The lowest BCUT2D eigenvalue weighted by atomic mass is 10.2. The highest BCUT2D eigenvalue weighted by Crippen LogP contribution is 2.22. The topological polar surface area (TPSA) is 118 Å². The minimum atomic E-state index is -4.02. The first-order valence-electron chi connectivity index (χ1n) is 6.18. The number of nitro groups is 1. The molecule has 1 unspecified atom stereocenters. The van der Waals surface area contributed by atoms with Crippen molar-refractivity contribution in [1.82, 2.24) is 4.31 Å². The lowest BCUT2D eigenvalue weighted by molar-refractivity contribution is -0.384. The van der Waals surface area contributed by atoms with Crippen LogP contribution in [0.5, 0.6) is 0 Å². The summed E-state index contributed by atoms with van der Waals surface area (Å²) in [6.45, 7) is 2.69. The predicted octanol–water partition coefficient (Wildman–Crippen LogP) is 1.47. The molecule has 0 aliphatic rings. The van der Waals surface area contributed by atoms with Gasteiger partial charge in [-0.2, -0.15) is 4.31 Å². The standard InChI is InChI=1S/C12H16N2O6S/c1-3-9(2)13(8-12(15)16)21(19,20)11-6-4-10(5-7-11)14(17)18/h4-7,9H,3,8H2,1-2H3,(H,15,16). The number of carboxylic acids is 1. The van der Waals surface area contributed by atoms with Gasteiger partial charge in [0, 0.05) is 18.2 Å². The van der Waals surface area contributed by atoms with Crippen molar-refractivity contribution in [1.29, 1.82) is 0 Å². The molecule has 1 atom stereocenters. The number of carbonyl (C=O) groups is 1. The van der Waals surface area contributed by atoms with Crippen molar-refractivity contribution in [2.75, 3.05) is 6.54 Å². The summed E-state index contributed by atoms with van der Waals surface area (Å²) < 4.78 is 25.8. The van der Waals surface area contributed by atoms with Gasteiger partial charge in [-0.25, -0.2) is 8.42 Å². The molecule has 21 heavy (non-hydrogen) atoms. The molecule has 0 aliphatic heterocycles. The number of aliphatic carboxylic acids is 1. The Balaban J connectivity index is 3.21. The minimum absolute atomic E-state index is 0.172. The predicted molar refractivity (Wildman–Crippen MR) is 74.4 cm³/mol. The van der Waals surface area contributed by atoms with Gasteiger partial charge in [0.05, 0.1) is 9.82 Å². The molecule has 0 saturated heterocycles. The average Bonchev–Trinajstić information content (AvgIpc) is 2.43. The van der Waals surface area contributed by atoms with E-state index in [-0.39, 0.29) is 10.6 Å². The third kappa shape index (κ3) is 3.99. The minimum Gasteiger partial charge on any atom is -0.480 e. The van der Waals surface area contributed by atoms with E-state index >= 15 is 0 Å². The Morgan fingerprint density at radius 1 is 1.38 bits per heavy atom. The van der Waals surface area contributed by atoms with Crippen molar-refractivity contribution in [3.8, 4) is 0 Å². The van der Waals surface area contributed by atoms with Crippen molar-refractivity contribution >= 4 is 21.7 Å². The Morgan fingerprint density at radius 3 is 2.29 bits per heavy atom. The van der Waals surface area contributed by atoms with Crippen molar-refractivity contribution in [3.05, 3.63) is 34.4 Å². The van der Waals surface area contributed by atoms with Crippen molar-refractivity contribution in [2.45, 2.75) is 31.2 Å². The lowest BCUT2D eigenvalue weighted by Gasteiger charge is -2.25. The number of nitrogens with zero attached hydrogens (tertiary/aromatic N) is 2. The number of rotatable bonds is 7. The van der Waals surface area contributed by atoms with Gasteiger partial charge in [-0.05, 0) is 25.5 Å². The summed E-state index contributed by atoms with van der Waals surface area (Å²) in [5.74, 6) is -1.26. The molecule has 1 rings (SSSR count). The molecule has 116 valence electrons. The maximum Gasteiger partial charge on any atom is 0.318 e. The van der Waals surface area contributed by atoms with E-state index in [4.69, 9.17) is 5.11 Å². The first kappa shape index (κ1) is 17.1. The normalized spacial score (nSPS) is 13.1. The van der Waals surface area contributed by atoms with Crippen LogP contribution in [0.25, 0.3) is 0 Å². The molecular formula is C12H16N2O6S. The zero-order valence-corrected chi connectivity index (χ0v) is 12.4. The monoisotopic (exact) mass is 316 g/mol. The van der Waals surface area contributed by atoms with Crippen molar-refractivity contribution < 1.29 is 23.2 Å². The highest BCUT2D eigenvalue weighted by Gasteiger charge is 2.30. The zero-order chi connectivity index (χ0) is 16.2. The molecule has 0 aliphatic carbocycles. The number of nitro benzene ring substituents is 1. The van der Waals surface area contributed by atoms with Crippen LogP contribution < -0.4 is 0 Å². The zero-order valence-electron chi connectivity index (χ0n) is 11.6. The van der Waals surface area contributed by atoms with Crippen LogP contribution in [0.2, 0.25) is 0 Å². The Morgan fingerprint density at radius 2 is 1.90 bits per heavy atom. The maximum atomic E-state index is 12.4. The molecule has 0 aromatic heterocycles. The molecule has 0 amide bonds. The van der Waals surface area contributed by atoms with Gasteiger partial charge in [0.2, 0.25) is 10.0 Å². The van der Waals surface area contributed by atoms with Crippen molar-refractivity contribution in [2.24, 2.45) is 0 Å². The van der Waals surface area contributed by atoms with Gasteiger partial charge in [0.15, 0.2) is 0 Å². The fourth-order valence-electron chi connectivity index (χ4n) is 1.69. The Hall–Kier alpha value is -2.00. The number of hydrogen-bond acceptors (Lipinski definition) is 5. The average molecular weight is 316 g/mol. The molecule has 1 N–H and O–H groups in total. The molecule has 0 fully saturated rings. The summed E-state index contributed by atoms with van der Waals surface area (Å²) in [7, 11) is -4.02.